The molecule has 136 valence electrons. The van der Waals surface area contributed by atoms with Crippen LogP contribution in [0.4, 0.5) is 5.82 Å². The summed E-state index contributed by atoms with van der Waals surface area (Å²) in [6.07, 6.45) is 2.49. The van der Waals surface area contributed by atoms with Crippen LogP contribution in [0.3, 0.4) is 0 Å². The number of ketones is 1. The highest BCUT2D eigenvalue weighted by Gasteiger charge is 2.26. The molecule has 1 aliphatic heterocycles. The van der Waals surface area contributed by atoms with E-state index in [2.05, 4.69) is 32.1 Å². The lowest BCUT2D eigenvalue weighted by Gasteiger charge is -2.34. The Hall–Kier alpha value is -2.47. The Labute approximate surface area is 153 Å². The van der Waals surface area contributed by atoms with E-state index in [4.69, 9.17) is 4.74 Å². The Bertz CT molecular complexity index is 748. The van der Waals surface area contributed by atoms with Gasteiger partial charge in [-0.3, -0.25) is 9.69 Å². The fourth-order valence-electron chi connectivity index (χ4n) is 3.31. The molecule has 1 aromatic heterocycles. The van der Waals surface area contributed by atoms with Crippen LogP contribution in [-0.2, 0) is 0 Å². The first-order valence-electron chi connectivity index (χ1n) is 9.21. The normalized spacial score (nSPS) is 18.0. The van der Waals surface area contributed by atoms with Crippen molar-refractivity contribution in [1.82, 2.24) is 15.1 Å². The summed E-state index contributed by atoms with van der Waals surface area (Å²) in [5.41, 5.74) is 1.85. The van der Waals surface area contributed by atoms with Crippen molar-refractivity contribution in [2.75, 3.05) is 44.7 Å². The second kappa shape index (κ2) is 7.41. The fraction of sp³-hybridized carbons (Fsp3) is 0.450. The first-order valence-corrected chi connectivity index (χ1v) is 9.21. The number of Topliss-reactive ketones (excluding diaryl/α,β-unsaturated/α-hetero) is 1. The number of nitrogens with zero attached hydrogens (tertiary/aromatic N) is 4. The average molecular weight is 352 g/mol. The summed E-state index contributed by atoms with van der Waals surface area (Å²) >= 11 is 0. The summed E-state index contributed by atoms with van der Waals surface area (Å²) in [6.45, 7) is 3.90. The van der Waals surface area contributed by atoms with Crippen molar-refractivity contribution in [3.63, 3.8) is 0 Å². The van der Waals surface area contributed by atoms with E-state index < -0.39 is 0 Å². The number of ether oxygens (including phenoxy) is 1. The molecule has 1 aliphatic carbocycles. The molecule has 0 unspecified atom stereocenters. The summed E-state index contributed by atoms with van der Waals surface area (Å²) in [5, 5.41) is 8.76. The molecule has 2 aromatic rings. The lowest BCUT2D eigenvalue weighted by Crippen LogP contribution is -2.48. The minimum Gasteiger partial charge on any atom is -0.497 e. The van der Waals surface area contributed by atoms with E-state index in [-0.39, 0.29) is 5.78 Å². The fourth-order valence-corrected chi connectivity index (χ4v) is 3.31. The maximum Gasteiger partial charge on any atom is 0.176 e. The molecule has 4 rings (SSSR count). The number of hydrogen-bond donors (Lipinski definition) is 0. The van der Waals surface area contributed by atoms with Gasteiger partial charge in [-0.1, -0.05) is 0 Å². The van der Waals surface area contributed by atoms with Crippen LogP contribution in [0.1, 0.15) is 34.8 Å². The number of carbonyl (C=O) groups excluding carboxylic acids is 1. The highest BCUT2D eigenvalue weighted by atomic mass is 16.5. The van der Waals surface area contributed by atoms with Gasteiger partial charge in [0.1, 0.15) is 5.75 Å². The minimum absolute atomic E-state index is 0.148. The van der Waals surface area contributed by atoms with Gasteiger partial charge in [-0.2, -0.15) is 5.10 Å². The zero-order valence-electron chi connectivity index (χ0n) is 15.1. The lowest BCUT2D eigenvalue weighted by atomic mass is 10.1. The van der Waals surface area contributed by atoms with Crippen LogP contribution < -0.4 is 9.64 Å². The molecule has 2 heterocycles. The number of methoxy groups -OCH3 is 1. The Morgan fingerprint density at radius 2 is 1.77 bits per heavy atom. The smallest absolute Gasteiger partial charge is 0.176 e. The molecule has 0 amide bonds. The van der Waals surface area contributed by atoms with Gasteiger partial charge in [0, 0.05) is 37.7 Å². The summed E-state index contributed by atoms with van der Waals surface area (Å²) in [6, 6.07) is 11.5. The quantitative estimate of drug-likeness (QED) is 0.744. The molecule has 0 spiro atoms. The van der Waals surface area contributed by atoms with E-state index in [1.165, 1.54) is 12.8 Å². The van der Waals surface area contributed by atoms with Gasteiger partial charge in [0.05, 0.1) is 19.3 Å². The van der Waals surface area contributed by atoms with Gasteiger partial charge in [0.15, 0.2) is 11.6 Å². The molecule has 0 radical (unpaired) electrons. The summed E-state index contributed by atoms with van der Waals surface area (Å²) in [4.78, 5) is 16.9. The molecule has 2 aliphatic rings. The van der Waals surface area contributed by atoms with Gasteiger partial charge in [0.25, 0.3) is 0 Å². The summed E-state index contributed by atoms with van der Waals surface area (Å²) in [5.74, 6) is 2.49. The van der Waals surface area contributed by atoms with E-state index in [1.54, 1.807) is 7.11 Å². The van der Waals surface area contributed by atoms with Gasteiger partial charge in [-0.25, -0.2) is 0 Å². The highest BCUT2D eigenvalue weighted by Crippen LogP contribution is 2.38. The Balaban J connectivity index is 1.29. The van der Waals surface area contributed by atoms with Crippen LogP contribution in [-0.4, -0.2) is 60.7 Å². The number of carbonyl (C=O) groups is 1. The van der Waals surface area contributed by atoms with Crippen molar-refractivity contribution in [3.05, 3.63) is 47.7 Å². The van der Waals surface area contributed by atoms with Crippen LogP contribution in [0.25, 0.3) is 0 Å². The molecule has 0 bridgehead atoms. The number of benzene rings is 1. The molecule has 26 heavy (non-hydrogen) atoms. The zero-order chi connectivity index (χ0) is 17.9. The predicted molar refractivity (Wildman–Crippen MR) is 100.0 cm³/mol. The van der Waals surface area contributed by atoms with Crippen molar-refractivity contribution in [2.24, 2.45) is 0 Å². The maximum atomic E-state index is 12.5. The second-order valence-electron chi connectivity index (χ2n) is 7.01. The van der Waals surface area contributed by atoms with Gasteiger partial charge in [0.2, 0.25) is 0 Å². The topological polar surface area (TPSA) is 58.6 Å². The summed E-state index contributed by atoms with van der Waals surface area (Å²) < 4.78 is 5.14. The van der Waals surface area contributed by atoms with Crippen LogP contribution >= 0.6 is 0 Å². The molecule has 1 saturated carbocycles. The third kappa shape index (κ3) is 3.85. The number of aromatic nitrogens is 2. The maximum absolute atomic E-state index is 12.5. The lowest BCUT2D eigenvalue weighted by molar-refractivity contribution is 0.0926. The third-order valence-corrected chi connectivity index (χ3v) is 5.14. The van der Waals surface area contributed by atoms with E-state index in [0.717, 1.165) is 49.0 Å². The Kier molecular flexibility index (Phi) is 4.84. The monoisotopic (exact) mass is 352 g/mol. The van der Waals surface area contributed by atoms with Crippen LogP contribution in [0.2, 0.25) is 0 Å². The SMILES string of the molecule is COc1ccc(C(=O)CN2CCN(c3ccc(C4CC4)nn3)CC2)cc1. The molecule has 1 saturated heterocycles. The zero-order valence-corrected chi connectivity index (χ0v) is 15.1. The summed E-state index contributed by atoms with van der Waals surface area (Å²) in [7, 11) is 1.63. The van der Waals surface area contributed by atoms with Crippen molar-refractivity contribution in [3.8, 4) is 5.75 Å². The number of anilines is 1. The average Bonchev–Trinajstić information content (AvgIpc) is 3.54. The second-order valence-corrected chi connectivity index (χ2v) is 7.01. The Morgan fingerprint density at radius 1 is 1.04 bits per heavy atom. The third-order valence-electron chi connectivity index (χ3n) is 5.14. The van der Waals surface area contributed by atoms with Crippen molar-refractivity contribution >= 4 is 11.6 Å². The highest BCUT2D eigenvalue weighted by molar-refractivity contribution is 5.97. The Morgan fingerprint density at radius 3 is 2.35 bits per heavy atom. The van der Waals surface area contributed by atoms with E-state index in [1.807, 2.05) is 24.3 Å². The number of rotatable bonds is 6. The van der Waals surface area contributed by atoms with Gasteiger partial charge in [-0.05, 0) is 49.2 Å². The predicted octanol–water partition coefficient (Wildman–Crippen LogP) is 2.37. The van der Waals surface area contributed by atoms with E-state index in [0.29, 0.717) is 12.5 Å². The largest absolute Gasteiger partial charge is 0.497 e. The van der Waals surface area contributed by atoms with E-state index in [9.17, 15) is 4.79 Å². The van der Waals surface area contributed by atoms with Crippen molar-refractivity contribution in [2.45, 2.75) is 18.8 Å². The number of hydrogen-bond acceptors (Lipinski definition) is 6. The van der Waals surface area contributed by atoms with Gasteiger partial charge < -0.3 is 9.64 Å². The molecule has 2 fully saturated rings. The molecule has 6 heteroatoms. The first kappa shape index (κ1) is 17.0. The van der Waals surface area contributed by atoms with Crippen LogP contribution in [0, 0.1) is 0 Å². The molecular formula is C20H24N4O2. The molecule has 6 nitrogen and oxygen atoms in total. The van der Waals surface area contributed by atoms with Gasteiger partial charge in [-0.15, -0.1) is 5.10 Å². The number of piperazine rings is 1. The molecular weight excluding hydrogens is 328 g/mol. The standard InChI is InChI=1S/C20H24N4O2/c1-26-17-6-4-16(5-7-17)19(25)14-23-10-12-24(13-11-23)20-9-8-18(21-22-20)15-2-3-15/h4-9,15H,2-3,10-14H2,1H3. The first-order chi connectivity index (χ1) is 12.7. The molecule has 0 N–H and O–H groups in total. The van der Waals surface area contributed by atoms with Crippen LogP contribution in [0.5, 0.6) is 5.75 Å². The van der Waals surface area contributed by atoms with Crippen LogP contribution in [0.15, 0.2) is 36.4 Å². The van der Waals surface area contributed by atoms with Crippen molar-refractivity contribution in [1.29, 1.82) is 0 Å². The molecule has 0 atom stereocenters. The minimum atomic E-state index is 0.148. The van der Waals surface area contributed by atoms with Gasteiger partial charge >= 0.3 is 0 Å². The van der Waals surface area contributed by atoms with E-state index >= 15 is 0 Å². The van der Waals surface area contributed by atoms with Crippen molar-refractivity contribution < 1.29 is 9.53 Å². The molecule has 1 aromatic carbocycles.